The number of ketones is 1. The first-order valence-electron chi connectivity index (χ1n) is 13.1. The number of Topliss-reactive ketones (excluding diaryl/α,β-unsaturated/α-hetero) is 1. The van der Waals surface area contributed by atoms with E-state index in [0.29, 0.717) is 6.42 Å². The van der Waals surface area contributed by atoms with Crippen LogP contribution in [0.1, 0.15) is 52.0 Å². The summed E-state index contributed by atoms with van der Waals surface area (Å²) in [6, 6.07) is 13.4. The van der Waals surface area contributed by atoms with E-state index in [0.717, 1.165) is 41.8 Å². The minimum absolute atomic E-state index is 0.0447. The fourth-order valence-corrected chi connectivity index (χ4v) is 5.61. The molecule has 0 spiro atoms. The fraction of sp³-hybridized carbons (Fsp3) is 0.448. The zero-order chi connectivity index (χ0) is 26.9. The number of rotatable bonds is 7. The summed E-state index contributed by atoms with van der Waals surface area (Å²) in [6.07, 6.45) is 8.10. The van der Waals surface area contributed by atoms with Crippen LogP contribution in [0.3, 0.4) is 0 Å². The average molecular weight is 513 g/mol. The van der Waals surface area contributed by atoms with E-state index >= 15 is 0 Å². The van der Waals surface area contributed by atoms with Gasteiger partial charge in [0.15, 0.2) is 5.78 Å². The van der Waals surface area contributed by atoms with Gasteiger partial charge in [0.1, 0.15) is 11.3 Å². The molecule has 1 aliphatic carbocycles. The second-order valence-corrected chi connectivity index (χ2v) is 11.2. The lowest BCUT2D eigenvalue weighted by Gasteiger charge is -2.35. The Hall–Kier alpha value is -4.06. The van der Waals surface area contributed by atoms with Gasteiger partial charge in [0.2, 0.25) is 0 Å². The molecule has 2 fully saturated rings. The Kier molecular flexibility index (Phi) is 6.98. The number of piperidine rings is 1. The third-order valence-corrected chi connectivity index (χ3v) is 7.28. The molecule has 1 aromatic carbocycles. The predicted molar refractivity (Wildman–Crippen MR) is 140 cm³/mol. The van der Waals surface area contributed by atoms with E-state index < -0.39 is 23.7 Å². The van der Waals surface area contributed by atoms with Crippen LogP contribution < -0.4 is 0 Å². The van der Waals surface area contributed by atoms with Gasteiger partial charge in [-0.15, -0.1) is 5.10 Å². The highest BCUT2D eigenvalue weighted by molar-refractivity contribution is 5.89. The third-order valence-electron chi connectivity index (χ3n) is 7.28. The Bertz CT molecular complexity index is 1340. The number of carbonyl (C=O) groups is 2. The Labute approximate surface area is 222 Å². The largest absolute Gasteiger partial charge is 0.444 e. The maximum Gasteiger partial charge on any atom is 0.411 e. The number of ether oxygens (including phenoxy) is 1. The maximum absolute atomic E-state index is 13.4. The smallest absolute Gasteiger partial charge is 0.411 e. The number of amides is 1. The van der Waals surface area contributed by atoms with Crippen molar-refractivity contribution in [3.63, 3.8) is 0 Å². The van der Waals surface area contributed by atoms with Gasteiger partial charge in [-0.05, 0) is 82.2 Å². The summed E-state index contributed by atoms with van der Waals surface area (Å²) in [5.74, 6) is -0.369. The van der Waals surface area contributed by atoms with Crippen molar-refractivity contribution in [2.24, 2.45) is 11.8 Å². The first-order valence-corrected chi connectivity index (χ1v) is 13.1. The van der Waals surface area contributed by atoms with Gasteiger partial charge in [-0.1, -0.05) is 17.3 Å². The molecule has 9 nitrogen and oxygen atoms in total. The lowest BCUT2D eigenvalue weighted by atomic mass is 9.88. The summed E-state index contributed by atoms with van der Waals surface area (Å²) in [5.41, 5.74) is 2.79. The van der Waals surface area contributed by atoms with Gasteiger partial charge < -0.3 is 4.74 Å². The maximum atomic E-state index is 13.4. The molecule has 0 N–H and O–H groups in total. The summed E-state index contributed by atoms with van der Waals surface area (Å²) in [6.45, 7) is 5.49. The standard InChI is InChI=1S/C29H32N6O3/c1-29(2,3)38-28(37)35-24-11-8-21(15-24)27(35)26(36)14-20(16-30)13-19-6-9-23(10-7-19)34-18-25(32-33-34)22-5-4-12-31-17-22/h4-7,9-10,12,17-18,20-21,24,27H,8,11,13-15H2,1-3H3/t20-,21+,24-,27+/m1/s1. The van der Waals surface area contributed by atoms with Gasteiger partial charge in [-0.3, -0.25) is 14.7 Å². The first-order chi connectivity index (χ1) is 18.2. The van der Waals surface area contributed by atoms with Crippen molar-refractivity contribution in [1.82, 2.24) is 24.9 Å². The molecule has 2 aliphatic rings. The predicted octanol–water partition coefficient (Wildman–Crippen LogP) is 4.76. The summed E-state index contributed by atoms with van der Waals surface area (Å²) in [4.78, 5) is 32.1. The zero-order valence-electron chi connectivity index (χ0n) is 21.9. The van der Waals surface area contributed by atoms with Crippen LogP contribution in [0, 0.1) is 23.2 Å². The zero-order valence-corrected chi connectivity index (χ0v) is 21.9. The van der Waals surface area contributed by atoms with Crippen LogP contribution in [0.15, 0.2) is 55.0 Å². The highest BCUT2D eigenvalue weighted by atomic mass is 16.6. The van der Waals surface area contributed by atoms with Crippen molar-refractivity contribution in [3.8, 4) is 23.0 Å². The summed E-state index contributed by atoms with van der Waals surface area (Å²) < 4.78 is 7.30. The lowest BCUT2D eigenvalue weighted by Crippen LogP contribution is -2.51. The average Bonchev–Trinajstić information content (AvgIpc) is 3.65. The van der Waals surface area contributed by atoms with Gasteiger partial charge in [0, 0.05) is 30.4 Å². The van der Waals surface area contributed by atoms with Gasteiger partial charge in [-0.2, -0.15) is 5.26 Å². The molecule has 1 amide bonds. The molecule has 4 atom stereocenters. The summed E-state index contributed by atoms with van der Waals surface area (Å²) in [7, 11) is 0. The van der Waals surface area contributed by atoms with Gasteiger partial charge >= 0.3 is 6.09 Å². The second kappa shape index (κ2) is 10.4. The molecule has 5 rings (SSSR count). The molecular formula is C29H32N6O3. The van der Waals surface area contributed by atoms with E-state index in [4.69, 9.17) is 4.74 Å². The normalized spacial score (nSPS) is 21.2. The SMILES string of the molecule is CC(C)(C)OC(=O)N1[C@@H]2CC[C@@H](C2)[C@H]1C(=O)C[C@H](C#N)Cc1ccc(-n2cc(-c3cccnc3)nn2)cc1. The molecule has 1 saturated carbocycles. The fourth-order valence-electron chi connectivity index (χ4n) is 5.61. The molecule has 1 saturated heterocycles. The monoisotopic (exact) mass is 512 g/mol. The molecule has 2 aromatic heterocycles. The van der Waals surface area contributed by atoms with Crippen molar-refractivity contribution in [3.05, 3.63) is 60.6 Å². The number of likely N-dealkylation sites (tertiary alicyclic amines) is 1. The summed E-state index contributed by atoms with van der Waals surface area (Å²) >= 11 is 0. The number of benzene rings is 1. The van der Waals surface area contributed by atoms with E-state index in [2.05, 4.69) is 21.4 Å². The Balaban J connectivity index is 1.23. The Morgan fingerprint density at radius 2 is 1.97 bits per heavy atom. The van der Waals surface area contributed by atoms with Crippen LogP contribution in [0.25, 0.3) is 16.9 Å². The molecule has 0 radical (unpaired) electrons. The third kappa shape index (κ3) is 5.44. The molecule has 196 valence electrons. The molecule has 3 aromatic rings. The van der Waals surface area contributed by atoms with Crippen molar-refractivity contribution >= 4 is 11.9 Å². The number of hydrogen-bond acceptors (Lipinski definition) is 7. The van der Waals surface area contributed by atoms with E-state index in [1.54, 1.807) is 22.0 Å². The molecule has 1 aliphatic heterocycles. The van der Waals surface area contributed by atoms with Crippen LogP contribution >= 0.6 is 0 Å². The van der Waals surface area contributed by atoms with Crippen LogP contribution in [0.2, 0.25) is 0 Å². The highest BCUT2D eigenvalue weighted by Gasteiger charge is 2.52. The molecule has 3 heterocycles. The number of fused-ring (bicyclic) bond motifs is 2. The minimum atomic E-state index is -0.625. The number of hydrogen-bond donors (Lipinski definition) is 0. The van der Waals surface area contributed by atoms with Crippen molar-refractivity contribution in [2.45, 2.75) is 70.6 Å². The minimum Gasteiger partial charge on any atom is -0.444 e. The molecule has 2 bridgehead atoms. The van der Waals surface area contributed by atoms with E-state index in [-0.39, 0.29) is 24.2 Å². The van der Waals surface area contributed by atoms with Crippen LogP contribution in [0.4, 0.5) is 4.79 Å². The first kappa shape index (κ1) is 25.6. The van der Waals surface area contributed by atoms with Gasteiger partial charge in [-0.25, -0.2) is 9.48 Å². The number of nitriles is 1. The van der Waals surface area contributed by atoms with E-state index in [1.807, 2.05) is 63.4 Å². The van der Waals surface area contributed by atoms with Gasteiger partial charge in [0.25, 0.3) is 0 Å². The van der Waals surface area contributed by atoms with Crippen LogP contribution in [-0.2, 0) is 16.0 Å². The van der Waals surface area contributed by atoms with Crippen molar-refractivity contribution < 1.29 is 14.3 Å². The molecular weight excluding hydrogens is 480 g/mol. The topological polar surface area (TPSA) is 114 Å². The number of aromatic nitrogens is 4. The summed E-state index contributed by atoms with van der Waals surface area (Å²) in [5, 5.41) is 18.3. The Morgan fingerprint density at radius 1 is 1.18 bits per heavy atom. The molecule has 9 heteroatoms. The molecule has 38 heavy (non-hydrogen) atoms. The second-order valence-electron chi connectivity index (χ2n) is 11.2. The van der Waals surface area contributed by atoms with E-state index in [1.165, 1.54) is 0 Å². The molecule has 0 unspecified atom stereocenters. The number of nitrogens with zero attached hydrogens (tertiary/aromatic N) is 6. The van der Waals surface area contributed by atoms with Crippen LogP contribution in [-0.4, -0.2) is 54.4 Å². The quantitative estimate of drug-likeness (QED) is 0.448. The number of pyridine rings is 1. The Morgan fingerprint density at radius 3 is 2.66 bits per heavy atom. The van der Waals surface area contributed by atoms with Gasteiger partial charge in [0.05, 0.1) is 29.9 Å². The lowest BCUT2D eigenvalue weighted by molar-refractivity contribution is -0.126. The highest BCUT2D eigenvalue weighted by Crippen LogP contribution is 2.44. The number of carbonyl (C=O) groups excluding carboxylic acids is 2. The van der Waals surface area contributed by atoms with Crippen molar-refractivity contribution in [1.29, 1.82) is 5.26 Å². The van der Waals surface area contributed by atoms with E-state index in [9.17, 15) is 14.9 Å². The van der Waals surface area contributed by atoms with Crippen molar-refractivity contribution in [2.75, 3.05) is 0 Å². The van der Waals surface area contributed by atoms with Crippen LogP contribution in [0.5, 0.6) is 0 Å².